The van der Waals surface area contributed by atoms with Gasteiger partial charge in [-0.3, -0.25) is 10.1 Å². The summed E-state index contributed by atoms with van der Waals surface area (Å²) in [5, 5.41) is 12.2. The Hall–Kier alpha value is -4.11. The number of anilines is 3. The molecular formula is C28H28N6O3. The van der Waals surface area contributed by atoms with E-state index in [1.165, 1.54) is 11.1 Å². The molecule has 188 valence electrons. The third kappa shape index (κ3) is 3.61. The number of methoxy groups -OCH3 is 2. The van der Waals surface area contributed by atoms with E-state index >= 15 is 0 Å². The number of nitrogens with zero attached hydrogens (tertiary/aromatic N) is 4. The molecule has 0 amide bonds. The number of morpholine rings is 1. The summed E-state index contributed by atoms with van der Waals surface area (Å²) in [6.07, 6.45) is 5.00. The Morgan fingerprint density at radius 3 is 2.81 bits per heavy atom. The summed E-state index contributed by atoms with van der Waals surface area (Å²) in [5.74, 6) is 2.52. The number of hydrogen-bond donors (Lipinski definition) is 2. The molecule has 1 spiro atoms. The van der Waals surface area contributed by atoms with Crippen LogP contribution in [0.4, 0.5) is 22.9 Å². The van der Waals surface area contributed by atoms with Crippen LogP contribution in [0.1, 0.15) is 23.5 Å². The number of nitrogens with one attached hydrogen (secondary N) is 2. The summed E-state index contributed by atoms with van der Waals surface area (Å²) in [4.78, 5) is 11.5. The van der Waals surface area contributed by atoms with Crippen molar-refractivity contribution < 1.29 is 14.2 Å². The zero-order chi connectivity index (χ0) is 25.0. The summed E-state index contributed by atoms with van der Waals surface area (Å²) in [7, 11) is 3.33. The number of aliphatic imine (C=N–C) groups is 1. The number of aromatic amines is 1. The van der Waals surface area contributed by atoms with E-state index in [-0.39, 0.29) is 5.41 Å². The molecule has 2 atom stereocenters. The van der Waals surface area contributed by atoms with Crippen LogP contribution in [-0.4, -0.2) is 61.9 Å². The maximum absolute atomic E-state index is 5.53. The second-order valence-electron chi connectivity index (χ2n) is 9.79. The topological polar surface area (TPSA) is 96.9 Å². The van der Waals surface area contributed by atoms with Crippen LogP contribution in [-0.2, 0) is 10.2 Å². The molecule has 1 saturated carbocycles. The van der Waals surface area contributed by atoms with Gasteiger partial charge in [-0.25, -0.2) is 4.98 Å². The number of H-pyrrole nitrogens is 1. The molecule has 2 fully saturated rings. The average molecular weight is 497 g/mol. The van der Waals surface area contributed by atoms with Gasteiger partial charge >= 0.3 is 0 Å². The maximum Gasteiger partial charge on any atom is 0.237 e. The Balaban J connectivity index is 1.16. The van der Waals surface area contributed by atoms with Crippen molar-refractivity contribution in [1.82, 2.24) is 15.2 Å². The van der Waals surface area contributed by atoms with E-state index in [0.717, 1.165) is 59.0 Å². The highest BCUT2D eigenvalue weighted by atomic mass is 16.5. The Morgan fingerprint density at radius 2 is 1.97 bits per heavy atom. The lowest BCUT2D eigenvalue weighted by Gasteiger charge is -2.29. The Labute approximate surface area is 214 Å². The summed E-state index contributed by atoms with van der Waals surface area (Å²) in [5.41, 5.74) is 6.32. The summed E-state index contributed by atoms with van der Waals surface area (Å²) in [6, 6.07) is 14.7. The van der Waals surface area contributed by atoms with Gasteiger partial charge in [0.1, 0.15) is 11.4 Å². The third-order valence-corrected chi connectivity index (χ3v) is 7.79. The molecule has 0 unspecified atom stereocenters. The molecule has 2 aromatic carbocycles. The number of rotatable bonds is 6. The third-order valence-electron chi connectivity index (χ3n) is 7.79. The van der Waals surface area contributed by atoms with Gasteiger partial charge in [0, 0.05) is 30.1 Å². The molecule has 2 N–H and O–H groups in total. The molecule has 1 saturated heterocycles. The quantitative estimate of drug-likeness (QED) is 0.400. The second kappa shape index (κ2) is 8.48. The van der Waals surface area contributed by atoms with Gasteiger partial charge in [-0.1, -0.05) is 6.07 Å². The molecule has 37 heavy (non-hydrogen) atoms. The van der Waals surface area contributed by atoms with Crippen molar-refractivity contribution in [2.24, 2.45) is 4.99 Å². The first-order valence-corrected chi connectivity index (χ1v) is 12.5. The minimum atomic E-state index is -0.0440. The van der Waals surface area contributed by atoms with Crippen LogP contribution < -0.4 is 19.7 Å². The Bertz CT molecular complexity index is 1530. The summed E-state index contributed by atoms with van der Waals surface area (Å²) < 4.78 is 16.5. The highest BCUT2D eigenvalue weighted by molar-refractivity contribution is 5.94. The number of pyridine rings is 1. The molecular weight excluding hydrogens is 468 g/mol. The van der Waals surface area contributed by atoms with Gasteiger partial charge in [-0.2, -0.15) is 5.10 Å². The zero-order valence-electron chi connectivity index (χ0n) is 20.8. The molecule has 0 radical (unpaired) electrons. The van der Waals surface area contributed by atoms with E-state index in [4.69, 9.17) is 19.2 Å². The van der Waals surface area contributed by atoms with E-state index in [2.05, 4.69) is 61.9 Å². The molecule has 2 aliphatic heterocycles. The average Bonchev–Trinajstić information content (AvgIpc) is 3.39. The number of hydrogen-bond acceptors (Lipinski definition) is 8. The molecule has 2 aromatic heterocycles. The van der Waals surface area contributed by atoms with Crippen molar-refractivity contribution in [2.75, 3.05) is 50.7 Å². The largest absolute Gasteiger partial charge is 0.497 e. The fraction of sp³-hybridized carbons (Fsp3) is 0.321. The van der Waals surface area contributed by atoms with Crippen molar-refractivity contribution in [1.29, 1.82) is 0 Å². The first kappa shape index (κ1) is 22.1. The fourth-order valence-corrected chi connectivity index (χ4v) is 5.68. The number of ether oxygens (including phenoxy) is 3. The van der Waals surface area contributed by atoms with E-state index in [1.807, 2.05) is 18.3 Å². The fourth-order valence-electron chi connectivity index (χ4n) is 5.68. The lowest BCUT2D eigenvalue weighted by molar-refractivity contribution is 0.122. The van der Waals surface area contributed by atoms with Crippen LogP contribution in [0.5, 0.6) is 11.6 Å². The zero-order valence-corrected chi connectivity index (χ0v) is 20.8. The SMILES string of the molecule is COc1ccc2c(c1)[C@@]1(C=N2)C[C@H]1c1ccc2c(Nc3cc(N4CCOCC4)cnc3OC)n[nH]c2c1. The first-order chi connectivity index (χ1) is 18.2. The standard InChI is InChI=1S/C28H28N6O3/c1-35-19-4-6-23-21(13-19)28(16-30-23)14-22(28)17-3-5-20-24(11-17)32-33-26(20)31-25-12-18(15-29-27(25)36-2)34-7-9-37-10-8-34/h3-6,11-13,15-16,22H,7-10,14H2,1-2H3,(H2,31,32,33)/t22-,28-/m0/s1. The Morgan fingerprint density at radius 1 is 1.08 bits per heavy atom. The molecule has 9 nitrogen and oxygen atoms in total. The number of benzene rings is 2. The molecule has 1 aliphatic carbocycles. The van der Waals surface area contributed by atoms with Crippen molar-refractivity contribution in [3.8, 4) is 11.6 Å². The molecule has 4 aromatic rings. The molecule has 7 rings (SSSR count). The van der Waals surface area contributed by atoms with Crippen molar-refractivity contribution in [3.63, 3.8) is 0 Å². The number of fused-ring (bicyclic) bond motifs is 3. The molecule has 9 heteroatoms. The van der Waals surface area contributed by atoms with Crippen LogP contribution in [0.25, 0.3) is 10.9 Å². The molecule has 3 aliphatic rings. The minimum Gasteiger partial charge on any atom is -0.497 e. The normalized spacial score (nSPS) is 21.9. The van der Waals surface area contributed by atoms with Crippen LogP contribution in [0.2, 0.25) is 0 Å². The van der Waals surface area contributed by atoms with Gasteiger partial charge in [0.2, 0.25) is 5.88 Å². The Kier molecular flexibility index (Phi) is 5.07. The van der Waals surface area contributed by atoms with E-state index in [9.17, 15) is 0 Å². The van der Waals surface area contributed by atoms with Crippen LogP contribution in [0.3, 0.4) is 0 Å². The molecule has 4 heterocycles. The van der Waals surface area contributed by atoms with E-state index in [1.54, 1.807) is 14.2 Å². The predicted octanol–water partition coefficient (Wildman–Crippen LogP) is 4.70. The smallest absolute Gasteiger partial charge is 0.237 e. The van der Waals surface area contributed by atoms with Crippen LogP contribution in [0, 0.1) is 0 Å². The monoisotopic (exact) mass is 496 g/mol. The highest BCUT2D eigenvalue weighted by Crippen LogP contribution is 2.64. The molecule has 0 bridgehead atoms. The van der Waals surface area contributed by atoms with Crippen molar-refractivity contribution >= 4 is 40.0 Å². The van der Waals surface area contributed by atoms with E-state index in [0.29, 0.717) is 25.0 Å². The van der Waals surface area contributed by atoms with E-state index < -0.39 is 0 Å². The van der Waals surface area contributed by atoms with Gasteiger partial charge in [-0.05, 0) is 59.9 Å². The van der Waals surface area contributed by atoms with Gasteiger partial charge in [-0.15, -0.1) is 0 Å². The minimum absolute atomic E-state index is 0.0440. The van der Waals surface area contributed by atoms with Crippen molar-refractivity contribution in [2.45, 2.75) is 17.8 Å². The summed E-state index contributed by atoms with van der Waals surface area (Å²) >= 11 is 0. The van der Waals surface area contributed by atoms with Gasteiger partial charge in [0.25, 0.3) is 0 Å². The highest BCUT2D eigenvalue weighted by Gasteiger charge is 2.58. The van der Waals surface area contributed by atoms with Gasteiger partial charge in [0.05, 0.1) is 50.5 Å². The van der Waals surface area contributed by atoms with Crippen molar-refractivity contribution in [3.05, 3.63) is 59.8 Å². The maximum atomic E-state index is 5.53. The second-order valence-corrected chi connectivity index (χ2v) is 9.79. The summed E-state index contributed by atoms with van der Waals surface area (Å²) in [6.45, 7) is 3.11. The van der Waals surface area contributed by atoms with Gasteiger partial charge in [0.15, 0.2) is 5.82 Å². The number of aromatic nitrogens is 3. The van der Waals surface area contributed by atoms with Crippen LogP contribution >= 0.6 is 0 Å². The van der Waals surface area contributed by atoms with Gasteiger partial charge < -0.3 is 24.4 Å². The lowest BCUT2D eigenvalue weighted by Crippen LogP contribution is -2.36. The first-order valence-electron chi connectivity index (χ1n) is 12.5. The lowest BCUT2D eigenvalue weighted by atomic mass is 9.92. The predicted molar refractivity (Wildman–Crippen MR) is 143 cm³/mol. The van der Waals surface area contributed by atoms with Crippen LogP contribution in [0.15, 0.2) is 53.7 Å².